The monoisotopic (exact) mass is 195 g/mol. The van der Waals surface area contributed by atoms with E-state index in [0.29, 0.717) is 11.8 Å². The van der Waals surface area contributed by atoms with Crippen molar-refractivity contribution in [3.63, 3.8) is 0 Å². The van der Waals surface area contributed by atoms with Crippen LogP contribution in [0.1, 0.15) is 45.4 Å². The van der Waals surface area contributed by atoms with Gasteiger partial charge in [-0.05, 0) is 45.6 Å². The van der Waals surface area contributed by atoms with Gasteiger partial charge in [0.2, 0.25) is 0 Å². The maximum Gasteiger partial charge on any atom is 0.149 e. The van der Waals surface area contributed by atoms with Gasteiger partial charge in [0.05, 0.1) is 6.04 Å². The van der Waals surface area contributed by atoms with E-state index in [1.54, 1.807) is 0 Å². The molecule has 0 bridgehead atoms. The zero-order valence-electron chi connectivity index (χ0n) is 9.33. The molecule has 0 radical (unpaired) electrons. The summed E-state index contributed by atoms with van der Waals surface area (Å²) in [5, 5.41) is 0. The first kappa shape index (κ1) is 10.2. The number of carbonyl (C=O) groups excluding carboxylic acids is 1. The fourth-order valence-corrected chi connectivity index (χ4v) is 2.59. The van der Waals surface area contributed by atoms with E-state index in [9.17, 15) is 4.79 Å². The Bertz CT molecular complexity index is 222. The zero-order valence-corrected chi connectivity index (χ0v) is 9.33. The van der Waals surface area contributed by atoms with Crippen LogP contribution in [0.15, 0.2) is 0 Å². The van der Waals surface area contributed by atoms with Crippen molar-refractivity contribution in [1.29, 1.82) is 0 Å². The molecular formula is C12H21NO. The highest BCUT2D eigenvalue weighted by Crippen LogP contribution is 2.36. The van der Waals surface area contributed by atoms with Crippen LogP contribution in [0, 0.1) is 5.92 Å². The lowest BCUT2D eigenvalue weighted by molar-refractivity contribution is -0.126. The van der Waals surface area contributed by atoms with Crippen molar-refractivity contribution in [2.75, 3.05) is 7.05 Å². The zero-order chi connectivity index (χ0) is 10.1. The van der Waals surface area contributed by atoms with Crippen LogP contribution in [0.25, 0.3) is 0 Å². The Balaban J connectivity index is 1.94. The summed E-state index contributed by atoms with van der Waals surface area (Å²) in [5.74, 6) is 1.35. The largest absolute Gasteiger partial charge is 0.298 e. The minimum absolute atomic E-state index is 0.236. The summed E-state index contributed by atoms with van der Waals surface area (Å²) in [6.07, 6.45) is 6.98. The molecule has 2 heteroatoms. The summed E-state index contributed by atoms with van der Waals surface area (Å²) >= 11 is 0. The SMILES string of the molecule is CC(C1CC1)N(C)C1CCCCC1=O. The highest BCUT2D eigenvalue weighted by atomic mass is 16.1. The van der Waals surface area contributed by atoms with Crippen LogP contribution < -0.4 is 0 Å². The third kappa shape index (κ3) is 2.00. The van der Waals surface area contributed by atoms with Gasteiger partial charge in [-0.2, -0.15) is 0 Å². The lowest BCUT2D eigenvalue weighted by atomic mass is 9.92. The van der Waals surface area contributed by atoms with E-state index in [1.165, 1.54) is 19.3 Å². The Kier molecular flexibility index (Phi) is 2.91. The summed E-state index contributed by atoms with van der Waals surface area (Å²) in [6.45, 7) is 2.28. The molecule has 2 aliphatic rings. The molecule has 2 atom stereocenters. The number of Topliss-reactive ketones (excluding diaryl/α,β-unsaturated/α-hetero) is 1. The van der Waals surface area contributed by atoms with Crippen LogP contribution in [0.2, 0.25) is 0 Å². The third-order valence-electron chi connectivity index (χ3n) is 3.96. The summed E-state index contributed by atoms with van der Waals surface area (Å²) in [5.41, 5.74) is 0. The molecule has 0 N–H and O–H groups in total. The number of ketones is 1. The van der Waals surface area contributed by atoms with Crippen LogP contribution in [0.5, 0.6) is 0 Å². The Labute approximate surface area is 86.7 Å². The van der Waals surface area contributed by atoms with Crippen molar-refractivity contribution in [2.24, 2.45) is 5.92 Å². The van der Waals surface area contributed by atoms with Gasteiger partial charge in [0, 0.05) is 12.5 Å². The summed E-state index contributed by atoms with van der Waals surface area (Å²) in [7, 11) is 2.14. The smallest absolute Gasteiger partial charge is 0.149 e. The normalized spacial score (nSPS) is 30.8. The number of hydrogen-bond acceptors (Lipinski definition) is 2. The number of likely N-dealkylation sites (N-methyl/N-ethyl adjacent to an activating group) is 1. The van der Waals surface area contributed by atoms with Gasteiger partial charge in [-0.25, -0.2) is 0 Å². The molecule has 0 saturated heterocycles. The summed E-state index contributed by atoms with van der Waals surface area (Å²) in [4.78, 5) is 14.1. The summed E-state index contributed by atoms with van der Waals surface area (Å²) in [6, 6.07) is 0.849. The number of nitrogens with zero attached hydrogens (tertiary/aromatic N) is 1. The number of rotatable bonds is 3. The predicted octanol–water partition coefficient (Wildman–Crippen LogP) is 2.23. The first-order valence-corrected chi connectivity index (χ1v) is 5.95. The van der Waals surface area contributed by atoms with Crippen LogP contribution in [0.3, 0.4) is 0 Å². The Morgan fingerprint density at radius 1 is 1.29 bits per heavy atom. The highest BCUT2D eigenvalue weighted by molar-refractivity contribution is 5.84. The van der Waals surface area contributed by atoms with E-state index in [0.717, 1.165) is 25.2 Å². The number of carbonyl (C=O) groups is 1. The maximum atomic E-state index is 11.7. The molecule has 0 amide bonds. The molecule has 0 aromatic heterocycles. The molecule has 0 spiro atoms. The average molecular weight is 195 g/mol. The fraction of sp³-hybridized carbons (Fsp3) is 0.917. The van der Waals surface area contributed by atoms with Crippen molar-refractivity contribution in [2.45, 2.75) is 57.5 Å². The minimum Gasteiger partial charge on any atom is -0.298 e. The van der Waals surface area contributed by atoms with Crippen molar-refractivity contribution < 1.29 is 4.79 Å². The molecule has 2 aliphatic carbocycles. The van der Waals surface area contributed by atoms with Gasteiger partial charge in [0.25, 0.3) is 0 Å². The van der Waals surface area contributed by atoms with Crippen LogP contribution in [-0.4, -0.2) is 29.8 Å². The molecular weight excluding hydrogens is 174 g/mol. The van der Waals surface area contributed by atoms with Gasteiger partial charge >= 0.3 is 0 Å². The molecule has 14 heavy (non-hydrogen) atoms. The molecule has 0 aromatic carbocycles. The standard InChI is InChI=1S/C12H21NO/c1-9(10-7-8-10)13(2)11-5-3-4-6-12(11)14/h9-11H,3-8H2,1-2H3. The third-order valence-corrected chi connectivity index (χ3v) is 3.96. The first-order valence-electron chi connectivity index (χ1n) is 5.95. The van der Waals surface area contributed by atoms with E-state index < -0.39 is 0 Å². The highest BCUT2D eigenvalue weighted by Gasteiger charge is 2.35. The van der Waals surface area contributed by atoms with E-state index in [2.05, 4.69) is 18.9 Å². The van der Waals surface area contributed by atoms with Gasteiger partial charge in [-0.3, -0.25) is 9.69 Å². The van der Waals surface area contributed by atoms with Crippen molar-refractivity contribution in [3.8, 4) is 0 Å². The molecule has 0 aliphatic heterocycles. The van der Waals surface area contributed by atoms with Crippen molar-refractivity contribution in [1.82, 2.24) is 4.90 Å². The first-order chi connectivity index (χ1) is 6.70. The van der Waals surface area contributed by atoms with E-state index in [4.69, 9.17) is 0 Å². The van der Waals surface area contributed by atoms with Crippen molar-refractivity contribution in [3.05, 3.63) is 0 Å². The van der Waals surface area contributed by atoms with Gasteiger partial charge in [-0.15, -0.1) is 0 Å². The molecule has 2 saturated carbocycles. The number of hydrogen-bond donors (Lipinski definition) is 0. The van der Waals surface area contributed by atoms with E-state index >= 15 is 0 Å². The predicted molar refractivity (Wildman–Crippen MR) is 57.2 cm³/mol. The lowest BCUT2D eigenvalue weighted by Crippen LogP contribution is -2.45. The Morgan fingerprint density at radius 2 is 2.00 bits per heavy atom. The molecule has 0 heterocycles. The molecule has 2 unspecified atom stereocenters. The van der Waals surface area contributed by atoms with Gasteiger partial charge in [0.15, 0.2) is 0 Å². The molecule has 2 fully saturated rings. The van der Waals surface area contributed by atoms with Gasteiger partial charge in [0.1, 0.15) is 5.78 Å². The van der Waals surface area contributed by atoms with Gasteiger partial charge in [-0.1, -0.05) is 6.42 Å². The quantitative estimate of drug-likeness (QED) is 0.688. The molecule has 2 nitrogen and oxygen atoms in total. The van der Waals surface area contributed by atoms with Crippen LogP contribution >= 0.6 is 0 Å². The fourth-order valence-electron chi connectivity index (χ4n) is 2.59. The second kappa shape index (κ2) is 4.01. The molecule has 0 aromatic rings. The van der Waals surface area contributed by atoms with E-state index in [1.807, 2.05) is 0 Å². The Hall–Kier alpha value is -0.370. The molecule has 2 rings (SSSR count). The second-order valence-electron chi connectivity index (χ2n) is 4.97. The maximum absolute atomic E-state index is 11.7. The second-order valence-corrected chi connectivity index (χ2v) is 4.97. The van der Waals surface area contributed by atoms with Crippen LogP contribution in [0.4, 0.5) is 0 Å². The van der Waals surface area contributed by atoms with Crippen LogP contribution in [-0.2, 0) is 4.79 Å². The van der Waals surface area contributed by atoms with E-state index in [-0.39, 0.29) is 6.04 Å². The average Bonchev–Trinajstić information content (AvgIpc) is 3.00. The Morgan fingerprint density at radius 3 is 2.57 bits per heavy atom. The van der Waals surface area contributed by atoms with Gasteiger partial charge < -0.3 is 0 Å². The lowest BCUT2D eigenvalue weighted by Gasteiger charge is -2.34. The topological polar surface area (TPSA) is 20.3 Å². The minimum atomic E-state index is 0.236. The summed E-state index contributed by atoms with van der Waals surface area (Å²) < 4.78 is 0. The molecule has 80 valence electrons. The van der Waals surface area contributed by atoms with Crippen molar-refractivity contribution >= 4 is 5.78 Å².